The smallest absolute Gasteiger partial charge is 0.146 e. The van der Waals surface area contributed by atoms with E-state index in [1.165, 1.54) is 0 Å². The molecule has 1 atom stereocenters. The van der Waals surface area contributed by atoms with Gasteiger partial charge in [0.2, 0.25) is 0 Å². The zero-order valence-electron chi connectivity index (χ0n) is 10.6. The molecule has 106 valence electrons. The van der Waals surface area contributed by atoms with Crippen molar-refractivity contribution >= 4 is 35.8 Å². The number of nitrogens with one attached hydrogen (secondary N) is 1. The average Bonchev–Trinajstić information content (AvgIpc) is 2.49. The van der Waals surface area contributed by atoms with Crippen LogP contribution in [0.3, 0.4) is 0 Å². The number of pyridine rings is 1. The van der Waals surface area contributed by atoms with Gasteiger partial charge in [0.25, 0.3) is 0 Å². The van der Waals surface area contributed by atoms with Crippen LogP contribution in [-0.4, -0.2) is 27.4 Å². The van der Waals surface area contributed by atoms with Gasteiger partial charge in [0.1, 0.15) is 11.1 Å². The predicted octanol–water partition coefficient (Wildman–Crippen LogP) is 2.87. The highest BCUT2D eigenvalue weighted by Crippen LogP contribution is 2.31. The number of alkyl halides is 1. The van der Waals surface area contributed by atoms with E-state index in [1.54, 1.807) is 24.7 Å². The van der Waals surface area contributed by atoms with Crippen LogP contribution in [0.2, 0.25) is 5.02 Å². The number of aromatic nitrogens is 3. The molecule has 0 fully saturated rings. The van der Waals surface area contributed by atoms with Gasteiger partial charge in [-0.3, -0.25) is 4.98 Å². The summed E-state index contributed by atoms with van der Waals surface area (Å²) in [6.07, 6.45) is 5.06. The highest BCUT2D eigenvalue weighted by molar-refractivity contribution is 7.80. The Hall–Kier alpha value is -0.880. The van der Waals surface area contributed by atoms with Gasteiger partial charge in [0, 0.05) is 37.6 Å². The molecular formula is C13H14Cl2N4S. The van der Waals surface area contributed by atoms with Gasteiger partial charge < -0.3 is 5.32 Å². The predicted molar refractivity (Wildman–Crippen MR) is 84.5 cm³/mol. The fourth-order valence-corrected chi connectivity index (χ4v) is 2.52. The molecule has 0 saturated carbocycles. The monoisotopic (exact) mass is 328 g/mol. The Morgan fingerprint density at radius 3 is 2.65 bits per heavy atom. The number of hydrogen-bond acceptors (Lipinski definition) is 5. The summed E-state index contributed by atoms with van der Waals surface area (Å²) in [7, 11) is 0. The standard InChI is InChI=1S/C13H14Cl2N4S/c14-3-7-16-8-9-2-6-17-11(10(9)15)12(20)13-18-4-1-5-19-13/h1-2,4-6,12,16,20H,3,7-8H2. The van der Waals surface area contributed by atoms with Gasteiger partial charge in [-0.25, -0.2) is 9.97 Å². The maximum atomic E-state index is 6.39. The molecule has 0 aliphatic carbocycles. The van der Waals surface area contributed by atoms with E-state index in [0.717, 1.165) is 12.1 Å². The lowest BCUT2D eigenvalue weighted by Gasteiger charge is -2.13. The molecule has 2 aromatic heterocycles. The normalized spacial score (nSPS) is 12.3. The zero-order chi connectivity index (χ0) is 14.4. The van der Waals surface area contributed by atoms with Crippen molar-refractivity contribution < 1.29 is 0 Å². The number of nitrogens with zero attached hydrogens (tertiary/aromatic N) is 3. The van der Waals surface area contributed by atoms with Gasteiger partial charge in [0.05, 0.1) is 10.7 Å². The molecule has 1 unspecified atom stereocenters. The van der Waals surface area contributed by atoms with Crippen molar-refractivity contribution in [3.05, 3.63) is 52.8 Å². The molecule has 2 heterocycles. The molecule has 0 aromatic carbocycles. The second-order valence-electron chi connectivity index (χ2n) is 4.04. The third-order valence-corrected chi connectivity index (χ3v) is 3.77. The van der Waals surface area contributed by atoms with Crippen LogP contribution in [-0.2, 0) is 6.54 Å². The summed E-state index contributed by atoms with van der Waals surface area (Å²) >= 11 is 16.5. The molecule has 0 spiro atoms. The van der Waals surface area contributed by atoms with Crippen molar-refractivity contribution in [1.29, 1.82) is 0 Å². The summed E-state index contributed by atoms with van der Waals surface area (Å²) in [5, 5.41) is 3.43. The van der Waals surface area contributed by atoms with E-state index in [0.29, 0.717) is 29.0 Å². The SMILES string of the molecule is SC(c1ncccn1)c1nccc(CNCCCl)c1Cl. The number of rotatable bonds is 6. The molecule has 0 aliphatic rings. The highest BCUT2D eigenvalue weighted by Gasteiger charge is 2.18. The summed E-state index contributed by atoms with van der Waals surface area (Å²) in [6.45, 7) is 1.36. The van der Waals surface area contributed by atoms with Gasteiger partial charge in [-0.15, -0.1) is 11.6 Å². The molecular weight excluding hydrogens is 315 g/mol. The van der Waals surface area contributed by atoms with E-state index >= 15 is 0 Å². The van der Waals surface area contributed by atoms with Crippen molar-refractivity contribution in [2.45, 2.75) is 11.8 Å². The third kappa shape index (κ3) is 3.82. The Bertz CT molecular complexity index is 553. The summed E-state index contributed by atoms with van der Waals surface area (Å²) in [5.74, 6) is 1.14. The van der Waals surface area contributed by atoms with Crippen molar-refractivity contribution in [3.8, 4) is 0 Å². The van der Waals surface area contributed by atoms with Gasteiger partial charge in [-0.05, 0) is 17.7 Å². The Morgan fingerprint density at radius 2 is 1.95 bits per heavy atom. The van der Waals surface area contributed by atoms with E-state index in [2.05, 4.69) is 32.9 Å². The highest BCUT2D eigenvalue weighted by atomic mass is 35.5. The molecule has 0 aliphatic heterocycles. The van der Waals surface area contributed by atoms with Crippen LogP contribution < -0.4 is 5.32 Å². The van der Waals surface area contributed by atoms with Crippen LogP contribution in [0, 0.1) is 0 Å². The molecule has 20 heavy (non-hydrogen) atoms. The fourth-order valence-electron chi connectivity index (χ4n) is 1.69. The fraction of sp³-hybridized carbons (Fsp3) is 0.308. The van der Waals surface area contributed by atoms with Gasteiger partial charge in [0.15, 0.2) is 0 Å². The van der Waals surface area contributed by atoms with Gasteiger partial charge >= 0.3 is 0 Å². The van der Waals surface area contributed by atoms with Gasteiger partial charge in [-0.2, -0.15) is 12.6 Å². The molecule has 1 N–H and O–H groups in total. The summed E-state index contributed by atoms with van der Waals surface area (Å²) < 4.78 is 0. The first kappa shape index (κ1) is 15.5. The molecule has 2 aromatic rings. The summed E-state index contributed by atoms with van der Waals surface area (Å²) in [4.78, 5) is 12.7. The average molecular weight is 329 g/mol. The third-order valence-electron chi connectivity index (χ3n) is 2.67. The summed E-state index contributed by atoms with van der Waals surface area (Å²) in [6, 6.07) is 3.63. The first-order valence-corrected chi connectivity index (χ1v) is 7.52. The zero-order valence-corrected chi connectivity index (χ0v) is 13.0. The second kappa shape index (κ2) is 7.78. The van der Waals surface area contributed by atoms with Crippen LogP contribution in [0.15, 0.2) is 30.7 Å². The number of halogens is 2. The van der Waals surface area contributed by atoms with Crippen LogP contribution in [0.1, 0.15) is 22.3 Å². The number of hydrogen-bond donors (Lipinski definition) is 2. The molecule has 2 rings (SSSR count). The Labute approximate surface area is 133 Å². The lowest BCUT2D eigenvalue weighted by Crippen LogP contribution is -2.16. The van der Waals surface area contributed by atoms with E-state index < -0.39 is 0 Å². The lowest BCUT2D eigenvalue weighted by molar-refractivity contribution is 0.727. The Balaban J connectivity index is 2.22. The van der Waals surface area contributed by atoms with Crippen LogP contribution >= 0.6 is 35.8 Å². The molecule has 0 radical (unpaired) electrons. The number of thiol groups is 1. The quantitative estimate of drug-likeness (QED) is 0.486. The largest absolute Gasteiger partial charge is 0.311 e. The molecule has 4 nitrogen and oxygen atoms in total. The minimum absolute atomic E-state index is 0.350. The Kier molecular flexibility index (Phi) is 6.04. The van der Waals surface area contributed by atoms with Crippen molar-refractivity contribution in [2.75, 3.05) is 12.4 Å². The molecule has 7 heteroatoms. The summed E-state index contributed by atoms with van der Waals surface area (Å²) in [5.41, 5.74) is 1.61. The van der Waals surface area contributed by atoms with Crippen LogP contribution in [0.4, 0.5) is 0 Å². The Morgan fingerprint density at radius 1 is 1.20 bits per heavy atom. The van der Waals surface area contributed by atoms with E-state index in [-0.39, 0.29) is 5.25 Å². The van der Waals surface area contributed by atoms with Crippen molar-refractivity contribution in [3.63, 3.8) is 0 Å². The van der Waals surface area contributed by atoms with E-state index in [1.807, 2.05) is 6.07 Å². The maximum absolute atomic E-state index is 6.39. The minimum Gasteiger partial charge on any atom is -0.311 e. The van der Waals surface area contributed by atoms with E-state index in [9.17, 15) is 0 Å². The molecule has 0 amide bonds. The topological polar surface area (TPSA) is 50.7 Å². The first-order valence-electron chi connectivity index (χ1n) is 6.09. The van der Waals surface area contributed by atoms with Crippen LogP contribution in [0.5, 0.6) is 0 Å². The van der Waals surface area contributed by atoms with Gasteiger partial charge in [-0.1, -0.05) is 11.6 Å². The maximum Gasteiger partial charge on any atom is 0.146 e. The second-order valence-corrected chi connectivity index (χ2v) is 5.32. The van der Waals surface area contributed by atoms with Crippen molar-refractivity contribution in [2.24, 2.45) is 0 Å². The molecule has 0 bridgehead atoms. The van der Waals surface area contributed by atoms with E-state index in [4.69, 9.17) is 23.2 Å². The minimum atomic E-state index is -0.350. The van der Waals surface area contributed by atoms with Crippen molar-refractivity contribution in [1.82, 2.24) is 20.3 Å². The van der Waals surface area contributed by atoms with Crippen LogP contribution in [0.25, 0.3) is 0 Å². The molecule has 0 saturated heterocycles. The lowest BCUT2D eigenvalue weighted by atomic mass is 10.1. The first-order chi connectivity index (χ1) is 9.74.